The van der Waals surface area contributed by atoms with Gasteiger partial charge in [0.2, 0.25) is 0 Å². The summed E-state index contributed by atoms with van der Waals surface area (Å²) in [5, 5.41) is 4.79. The first kappa shape index (κ1) is 22.3. The zero-order chi connectivity index (χ0) is 22.1. The molecule has 6 nitrogen and oxygen atoms in total. The second-order valence-corrected chi connectivity index (χ2v) is 7.05. The minimum absolute atomic E-state index is 0.108. The monoisotopic (exact) mass is 420 g/mol. The van der Waals surface area contributed by atoms with Crippen LogP contribution in [0.5, 0.6) is 5.75 Å². The molecule has 3 rings (SSSR count). The first-order valence-corrected chi connectivity index (χ1v) is 10.5. The molecule has 3 aromatic carbocycles. The van der Waals surface area contributed by atoms with Crippen molar-refractivity contribution in [2.45, 2.75) is 13.8 Å². The lowest BCUT2D eigenvalue weighted by Crippen LogP contribution is -2.27. The van der Waals surface area contributed by atoms with Crippen LogP contribution in [0.25, 0.3) is 10.8 Å². The average molecular weight is 421 g/mol. The highest BCUT2D eigenvalue weighted by Crippen LogP contribution is 2.25. The van der Waals surface area contributed by atoms with Crippen LogP contribution in [-0.4, -0.2) is 49.6 Å². The lowest BCUT2D eigenvalue weighted by atomic mass is 10.1. The molecular weight excluding hydrogens is 392 g/mol. The Morgan fingerprint density at radius 2 is 1.61 bits per heavy atom. The third kappa shape index (κ3) is 6.30. The molecule has 3 aromatic rings. The van der Waals surface area contributed by atoms with Crippen LogP contribution in [-0.2, 0) is 9.53 Å². The third-order valence-electron chi connectivity index (χ3n) is 5.05. The molecule has 0 heterocycles. The number of hydrogen-bond donors (Lipinski definition) is 1. The van der Waals surface area contributed by atoms with E-state index in [1.54, 1.807) is 24.3 Å². The fourth-order valence-corrected chi connectivity index (χ4v) is 3.24. The van der Waals surface area contributed by atoms with Crippen LogP contribution >= 0.6 is 0 Å². The number of hydrogen-bond acceptors (Lipinski definition) is 5. The number of fused-ring (bicyclic) bond motifs is 1. The van der Waals surface area contributed by atoms with Crippen molar-refractivity contribution in [3.05, 3.63) is 72.3 Å². The standard InChI is InChI=1S/C25H28N2O4/c1-3-27(4-2)16-17-30-25(29)20-12-14-21(15-13-20)26-24(28)18-31-23-11-7-9-19-8-5-6-10-22(19)23/h5-15H,3-4,16-18H2,1-2H3,(H,26,28). The topological polar surface area (TPSA) is 67.9 Å². The number of nitrogens with one attached hydrogen (secondary N) is 1. The Kier molecular flexibility index (Phi) is 8.01. The van der Waals surface area contributed by atoms with Crippen molar-refractivity contribution in [1.82, 2.24) is 4.90 Å². The summed E-state index contributed by atoms with van der Waals surface area (Å²) >= 11 is 0. The molecule has 0 atom stereocenters. The zero-order valence-electron chi connectivity index (χ0n) is 18.0. The summed E-state index contributed by atoms with van der Waals surface area (Å²) in [6, 6.07) is 20.2. The first-order chi connectivity index (χ1) is 15.1. The van der Waals surface area contributed by atoms with Crippen LogP contribution in [0.15, 0.2) is 66.7 Å². The van der Waals surface area contributed by atoms with Gasteiger partial charge in [0.05, 0.1) is 5.56 Å². The van der Waals surface area contributed by atoms with E-state index in [-0.39, 0.29) is 18.5 Å². The van der Waals surface area contributed by atoms with Crippen molar-refractivity contribution in [2.24, 2.45) is 0 Å². The van der Waals surface area contributed by atoms with Crippen LogP contribution in [0, 0.1) is 0 Å². The maximum absolute atomic E-state index is 12.3. The molecule has 0 aliphatic rings. The summed E-state index contributed by atoms with van der Waals surface area (Å²) in [5.74, 6) is 0.0165. The molecule has 0 aromatic heterocycles. The molecular formula is C25H28N2O4. The Hall–Kier alpha value is -3.38. The molecule has 0 saturated heterocycles. The summed E-state index contributed by atoms with van der Waals surface area (Å²) in [6.07, 6.45) is 0. The molecule has 0 aliphatic carbocycles. The molecule has 0 bridgehead atoms. The number of carbonyl (C=O) groups is 2. The van der Waals surface area contributed by atoms with Gasteiger partial charge in [-0.3, -0.25) is 4.79 Å². The summed E-state index contributed by atoms with van der Waals surface area (Å²) in [4.78, 5) is 26.6. The van der Waals surface area contributed by atoms with E-state index in [0.717, 1.165) is 23.9 Å². The number of ether oxygens (including phenoxy) is 2. The molecule has 6 heteroatoms. The molecule has 1 amide bonds. The second-order valence-electron chi connectivity index (χ2n) is 7.05. The highest BCUT2D eigenvalue weighted by molar-refractivity contribution is 5.94. The molecule has 31 heavy (non-hydrogen) atoms. The molecule has 0 radical (unpaired) electrons. The molecule has 0 spiro atoms. The molecule has 0 unspecified atom stereocenters. The van der Waals surface area contributed by atoms with Crippen LogP contribution in [0.1, 0.15) is 24.2 Å². The molecule has 0 fully saturated rings. The highest BCUT2D eigenvalue weighted by atomic mass is 16.5. The Morgan fingerprint density at radius 3 is 2.35 bits per heavy atom. The normalized spacial score (nSPS) is 10.8. The molecule has 0 saturated carbocycles. The van der Waals surface area contributed by atoms with Gasteiger partial charge in [0.15, 0.2) is 6.61 Å². The van der Waals surface area contributed by atoms with Crippen molar-refractivity contribution in [2.75, 3.05) is 38.2 Å². The second kappa shape index (κ2) is 11.1. The summed E-state index contributed by atoms with van der Waals surface area (Å²) in [7, 11) is 0. The first-order valence-electron chi connectivity index (χ1n) is 10.5. The number of likely N-dealkylation sites (N-methyl/N-ethyl adjacent to an activating group) is 1. The molecule has 162 valence electrons. The van der Waals surface area contributed by atoms with Gasteiger partial charge in [0.25, 0.3) is 5.91 Å². The minimum atomic E-state index is -0.371. The van der Waals surface area contributed by atoms with Crippen molar-refractivity contribution >= 4 is 28.3 Å². The lowest BCUT2D eigenvalue weighted by Gasteiger charge is -2.17. The van der Waals surface area contributed by atoms with E-state index in [1.165, 1.54) is 0 Å². The lowest BCUT2D eigenvalue weighted by molar-refractivity contribution is -0.118. The van der Waals surface area contributed by atoms with E-state index in [1.807, 2.05) is 42.5 Å². The third-order valence-corrected chi connectivity index (χ3v) is 5.05. The Balaban J connectivity index is 1.49. The number of esters is 1. The van der Waals surface area contributed by atoms with Gasteiger partial charge in [-0.15, -0.1) is 0 Å². The number of carbonyl (C=O) groups excluding carboxylic acids is 2. The minimum Gasteiger partial charge on any atom is -0.483 e. The van der Waals surface area contributed by atoms with E-state index in [4.69, 9.17) is 9.47 Å². The number of nitrogens with zero attached hydrogens (tertiary/aromatic N) is 1. The molecule has 1 N–H and O–H groups in total. The van der Waals surface area contributed by atoms with E-state index >= 15 is 0 Å². The van der Waals surface area contributed by atoms with E-state index < -0.39 is 0 Å². The fraction of sp³-hybridized carbons (Fsp3) is 0.280. The van der Waals surface area contributed by atoms with Crippen LogP contribution in [0.2, 0.25) is 0 Å². The van der Waals surface area contributed by atoms with Crippen LogP contribution in [0.3, 0.4) is 0 Å². The quantitative estimate of drug-likeness (QED) is 0.494. The van der Waals surface area contributed by atoms with Gasteiger partial charge in [0, 0.05) is 17.6 Å². The smallest absolute Gasteiger partial charge is 0.338 e. The van der Waals surface area contributed by atoms with Crippen molar-refractivity contribution in [3.8, 4) is 5.75 Å². The van der Waals surface area contributed by atoms with Gasteiger partial charge < -0.3 is 19.7 Å². The van der Waals surface area contributed by atoms with Crippen molar-refractivity contribution in [3.63, 3.8) is 0 Å². The number of anilines is 1. The summed E-state index contributed by atoms with van der Waals surface area (Å²) < 4.78 is 11.0. The van der Waals surface area contributed by atoms with Gasteiger partial charge >= 0.3 is 5.97 Å². The number of rotatable bonds is 10. The van der Waals surface area contributed by atoms with E-state index in [0.29, 0.717) is 30.2 Å². The number of benzene rings is 3. The van der Waals surface area contributed by atoms with E-state index in [2.05, 4.69) is 24.1 Å². The SMILES string of the molecule is CCN(CC)CCOC(=O)c1ccc(NC(=O)COc2cccc3ccccc23)cc1. The summed E-state index contributed by atoms with van der Waals surface area (Å²) in [5.41, 5.74) is 1.04. The predicted molar refractivity (Wildman–Crippen MR) is 123 cm³/mol. The highest BCUT2D eigenvalue weighted by Gasteiger charge is 2.10. The molecule has 0 aliphatic heterocycles. The average Bonchev–Trinajstić information content (AvgIpc) is 2.81. The van der Waals surface area contributed by atoms with Gasteiger partial charge in [-0.25, -0.2) is 4.79 Å². The van der Waals surface area contributed by atoms with Crippen molar-refractivity contribution in [1.29, 1.82) is 0 Å². The maximum Gasteiger partial charge on any atom is 0.338 e. The zero-order valence-corrected chi connectivity index (χ0v) is 18.0. The van der Waals surface area contributed by atoms with Gasteiger partial charge in [-0.05, 0) is 48.8 Å². The Bertz CT molecular complexity index is 1010. The van der Waals surface area contributed by atoms with Crippen LogP contribution in [0.4, 0.5) is 5.69 Å². The largest absolute Gasteiger partial charge is 0.483 e. The van der Waals surface area contributed by atoms with E-state index in [9.17, 15) is 9.59 Å². The fourth-order valence-electron chi connectivity index (χ4n) is 3.24. The van der Waals surface area contributed by atoms with Gasteiger partial charge in [-0.2, -0.15) is 0 Å². The Labute approximate surface area is 182 Å². The van der Waals surface area contributed by atoms with Crippen molar-refractivity contribution < 1.29 is 19.1 Å². The summed E-state index contributed by atoms with van der Waals surface area (Å²) in [6.45, 7) is 6.95. The van der Waals surface area contributed by atoms with Crippen LogP contribution < -0.4 is 10.1 Å². The van der Waals surface area contributed by atoms with Gasteiger partial charge in [-0.1, -0.05) is 50.2 Å². The maximum atomic E-state index is 12.3. The van der Waals surface area contributed by atoms with Gasteiger partial charge in [0.1, 0.15) is 12.4 Å². The number of amides is 1. The predicted octanol–water partition coefficient (Wildman–Crippen LogP) is 4.36. The Morgan fingerprint density at radius 1 is 0.903 bits per heavy atom.